The van der Waals surface area contributed by atoms with Gasteiger partial charge in [-0.15, -0.1) is 0 Å². The SMILES string of the molecule is COC(F)COC(F)F. The summed E-state index contributed by atoms with van der Waals surface area (Å²) in [6.07, 6.45) is -1.76. The Morgan fingerprint density at radius 3 is 2.22 bits per heavy atom. The highest BCUT2D eigenvalue weighted by atomic mass is 19.3. The van der Waals surface area contributed by atoms with Gasteiger partial charge in [-0.2, -0.15) is 8.78 Å². The quantitative estimate of drug-likeness (QED) is 0.589. The van der Waals surface area contributed by atoms with Crippen molar-refractivity contribution in [2.75, 3.05) is 13.7 Å². The van der Waals surface area contributed by atoms with E-state index in [0.29, 0.717) is 0 Å². The van der Waals surface area contributed by atoms with Gasteiger partial charge in [-0.05, 0) is 0 Å². The van der Waals surface area contributed by atoms with Crippen LogP contribution < -0.4 is 0 Å². The fourth-order valence-electron chi connectivity index (χ4n) is 0.216. The predicted molar refractivity (Wildman–Crippen MR) is 23.9 cm³/mol. The first-order valence-electron chi connectivity index (χ1n) is 2.23. The van der Waals surface area contributed by atoms with E-state index < -0.39 is 19.6 Å². The molecule has 0 amide bonds. The smallest absolute Gasteiger partial charge is 0.345 e. The molecule has 5 heteroatoms. The first-order valence-corrected chi connectivity index (χ1v) is 2.23. The van der Waals surface area contributed by atoms with Gasteiger partial charge in [-0.25, -0.2) is 4.39 Å². The maximum absolute atomic E-state index is 11.8. The largest absolute Gasteiger partial charge is 0.350 e. The summed E-state index contributed by atoms with van der Waals surface area (Å²) in [6, 6.07) is 0. The minimum atomic E-state index is -2.93. The van der Waals surface area contributed by atoms with Crippen LogP contribution in [-0.4, -0.2) is 26.7 Å². The van der Waals surface area contributed by atoms with Crippen LogP contribution in [-0.2, 0) is 9.47 Å². The third-order valence-electron chi connectivity index (χ3n) is 0.609. The van der Waals surface area contributed by atoms with Crippen molar-refractivity contribution in [3.8, 4) is 0 Å². The van der Waals surface area contributed by atoms with Crippen LogP contribution in [0.4, 0.5) is 13.2 Å². The van der Waals surface area contributed by atoms with Gasteiger partial charge in [-0.1, -0.05) is 0 Å². The second-order valence-electron chi connectivity index (χ2n) is 1.24. The molecule has 0 aliphatic carbocycles. The van der Waals surface area contributed by atoms with Crippen LogP contribution >= 0.6 is 0 Å². The number of hydrogen-bond donors (Lipinski definition) is 0. The molecule has 0 spiro atoms. The summed E-state index contributed by atoms with van der Waals surface area (Å²) in [4.78, 5) is 0. The van der Waals surface area contributed by atoms with Gasteiger partial charge in [0.25, 0.3) is 0 Å². The Balaban J connectivity index is 3.06. The number of halogens is 3. The second kappa shape index (κ2) is 4.58. The van der Waals surface area contributed by atoms with Crippen molar-refractivity contribution in [1.82, 2.24) is 0 Å². The van der Waals surface area contributed by atoms with Crippen molar-refractivity contribution in [3.63, 3.8) is 0 Å². The molecular formula is C4H7F3O2. The molecule has 0 aromatic carbocycles. The van der Waals surface area contributed by atoms with Crippen LogP contribution in [0.25, 0.3) is 0 Å². The van der Waals surface area contributed by atoms with E-state index in [1.807, 2.05) is 0 Å². The van der Waals surface area contributed by atoms with Gasteiger partial charge >= 0.3 is 6.61 Å². The summed E-state index contributed by atoms with van der Waals surface area (Å²) in [6.45, 7) is -3.66. The average molecular weight is 144 g/mol. The van der Waals surface area contributed by atoms with Gasteiger partial charge in [0.2, 0.25) is 6.36 Å². The molecule has 0 N–H and O–H groups in total. The lowest BCUT2D eigenvalue weighted by molar-refractivity contribution is -0.171. The van der Waals surface area contributed by atoms with Gasteiger partial charge in [0.1, 0.15) is 6.61 Å². The molecule has 0 fully saturated rings. The van der Waals surface area contributed by atoms with Crippen LogP contribution in [0.2, 0.25) is 0 Å². The summed E-state index contributed by atoms with van der Waals surface area (Å²) in [7, 11) is 1.07. The average Bonchev–Trinajstić information content (AvgIpc) is 1.83. The van der Waals surface area contributed by atoms with E-state index in [0.717, 1.165) is 7.11 Å². The first kappa shape index (κ1) is 8.71. The Bertz CT molecular complexity index is 68.8. The standard InChI is InChI=1S/C4H7F3O2/c1-8-3(5)2-9-4(6)7/h3-4H,2H2,1H3. The molecular weight excluding hydrogens is 137 g/mol. The highest BCUT2D eigenvalue weighted by molar-refractivity contribution is 4.33. The highest BCUT2D eigenvalue weighted by Crippen LogP contribution is 1.98. The van der Waals surface area contributed by atoms with E-state index in [1.165, 1.54) is 0 Å². The van der Waals surface area contributed by atoms with Crippen molar-refractivity contribution in [1.29, 1.82) is 0 Å². The van der Waals surface area contributed by atoms with Crippen LogP contribution in [0.1, 0.15) is 0 Å². The molecule has 56 valence electrons. The maximum atomic E-state index is 11.8. The number of hydrogen-bond acceptors (Lipinski definition) is 2. The number of alkyl halides is 3. The van der Waals surface area contributed by atoms with Crippen LogP contribution in [0.3, 0.4) is 0 Å². The van der Waals surface area contributed by atoms with Gasteiger partial charge in [0.15, 0.2) is 0 Å². The molecule has 1 atom stereocenters. The van der Waals surface area contributed by atoms with E-state index in [2.05, 4.69) is 9.47 Å². The Hall–Kier alpha value is -0.290. The van der Waals surface area contributed by atoms with Gasteiger partial charge in [0, 0.05) is 7.11 Å². The first-order chi connectivity index (χ1) is 4.16. The molecule has 0 aromatic rings. The second-order valence-corrected chi connectivity index (χ2v) is 1.24. The minimum absolute atomic E-state index is 0.728. The number of methoxy groups -OCH3 is 1. The topological polar surface area (TPSA) is 18.5 Å². The van der Waals surface area contributed by atoms with Crippen molar-refractivity contribution >= 4 is 0 Å². The Morgan fingerprint density at radius 1 is 1.33 bits per heavy atom. The Labute approximate surface area is 50.6 Å². The third kappa shape index (κ3) is 5.58. The number of ether oxygens (including phenoxy) is 2. The van der Waals surface area contributed by atoms with E-state index in [9.17, 15) is 13.2 Å². The van der Waals surface area contributed by atoms with Gasteiger partial charge in [-0.3, -0.25) is 0 Å². The molecule has 0 radical (unpaired) electrons. The van der Waals surface area contributed by atoms with Crippen LogP contribution in [0.5, 0.6) is 0 Å². The van der Waals surface area contributed by atoms with Crippen LogP contribution in [0.15, 0.2) is 0 Å². The summed E-state index contributed by atoms with van der Waals surface area (Å²) in [5.41, 5.74) is 0. The molecule has 2 nitrogen and oxygen atoms in total. The van der Waals surface area contributed by atoms with Gasteiger partial charge in [0.05, 0.1) is 0 Å². The summed E-state index contributed by atoms with van der Waals surface area (Å²) in [5.74, 6) is 0. The molecule has 0 rings (SSSR count). The monoisotopic (exact) mass is 144 g/mol. The lowest BCUT2D eigenvalue weighted by Crippen LogP contribution is -2.14. The summed E-state index contributed by atoms with van der Waals surface area (Å²) >= 11 is 0. The third-order valence-corrected chi connectivity index (χ3v) is 0.609. The van der Waals surface area contributed by atoms with E-state index in [1.54, 1.807) is 0 Å². The van der Waals surface area contributed by atoms with E-state index in [-0.39, 0.29) is 0 Å². The molecule has 0 bridgehead atoms. The molecule has 0 heterocycles. The Morgan fingerprint density at radius 2 is 1.89 bits per heavy atom. The minimum Gasteiger partial charge on any atom is -0.350 e. The molecule has 0 aromatic heterocycles. The lowest BCUT2D eigenvalue weighted by Gasteiger charge is -2.04. The number of rotatable bonds is 4. The fraction of sp³-hybridized carbons (Fsp3) is 1.00. The van der Waals surface area contributed by atoms with E-state index in [4.69, 9.17) is 0 Å². The lowest BCUT2D eigenvalue weighted by atomic mass is 10.7. The Kier molecular flexibility index (Phi) is 4.43. The summed E-state index contributed by atoms with van der Waals surface area (Å²) in [5, 5.41) is 0. The van der Waals surface area contributed by atoms with Crippen molar-refractivity contribution in [2.24, 2.45) is 0 Å². The molecule has 0 saturated carbocycles. The van der Waals surface area contributed by atoms with E-state index >= 15 is 0 Å². The highest BCUT2D eigenvalue weighted by Gasteiger charge is 2.07. The van der Waals surface area contributed by atoms with Crippen LogP contribution in [0, 0.1) is 0 Å². The zero-order valence-electron chi connectivity index (χ0n) is 4.81. The maximum Gasteiger partial charge on any atom is 0.345 e. The predicted octanol–water partition coefficient (Wildman–Crippen LogP) is 1.17. The summed E-state index contributed by atoms with van der Waals surface area (Å²) < 4.78 is 41.5. The molecule has 0 aliphatic rings. The molecule has 0 aliphatic heterocycles. The fourth-order valence-corrected chi connectivity index (χ4v) is 0.216. The van der Waals surface area contributed by atoms with Crippen molar-refractivity contribution in [3.05, 3.63) is 0 Å². The zero-order chi connectivity index (χ0) is 7.28. The normalized spacial score (nSPS) is 14.3. The van der Waals surface area contributed by atoms with Gasteiger partial charge < -0.3 is 9.47 Å². The van der Waals surface area contributed by atoms with Crippen molar-refractivity contribution < 1.29 is 22.6 Å². The molecule has 0 saturated heterocycles. The molecule has 9 heavy (non-hydrogen) atoms. The zero-order valence-corrected chi connectivity index (χ0v) is 4.81. The molecule has 1 unspecified atom stereocenters. The van der Waals surface area contributed by atoms with Crippen molar-refractivity contribution in [2.45, 2.75) is 13.0 Å².